The fraction of sp³-hybridized carbons (Fsp3) is 0. The third kappa shape index (κ3) is 3.34. The standard InChI is InChI=1S/C18H18N6/c19-17-5-4-14(23-13-2-1-3-15(10-13)24-21)11-16(17)18(20)12-6-8-22-9-7-12/h1-11,20,23-24H,19,21H2. The van der Waals surface area contributed by atoms with Crippen LogP contribution in [-0.2, 0) is 0 Å². The third-order valence-corrected chi connectivity index (χ3v) is 3.61. The van der Waals surface area contributed by atoms with Crippen molar-refractivity contribution in [3.05, 3.63) is 78.1 Å². The summed E-state index contributed by atoms with van der Waals surface area (Å²) in [7, 11) is 0. The molecular formula is C18H18N6. The summed E-state index contributed by atoms with van der Waals surface area (Å²) in [5.41, 5.74) is 13.5. The molecule has 0 aliphatic heterocycles. The van der Waals surface area contributed by atoms with Crippen LogP contribution in [0.1, 0.15) is 11.1 Å². The summed E-state index contributed by atoms with van der Waals surface area (Å²) >= 11 is 0. The van der Waals surface area contributed by atoms with Gasteiger partial charge in [0, 0.05) is 40.6 Å². The molecule has 0 aliphatic rings. The molecule has 0 fully saturated rings. The van der Waals surface area contributed by atoms with Crippen molar-refractivity contribution < 1.29 is 0 Å². The van der Waals surface area contributed by atoms with Gasteiger partial charge in [0.15, 0.2) is 0 Å². The van der Waals surface area contributed by atoms with E-state index in [4.69, 9.17) is 17.0 Å². The van der Waals surface area contributed by atoms with Crippen LogP contribution in [0.25, 0.3) is 0 Å². The molecular weight excluding hydrogens is 300 g/mol. The molecule has 0 radical (unpaired) electrons. The highest BCUT2D eigenvalue weighted by atomic mass is 15.2. The molecule has 2 aromatic carbocycles. The minimum atomic E-state index is 0.357. The number of pyridine rings is 1. The molecule has 0 saturated heterocycles. The van der Waals surface area contributed by atoms with E-state index < -0.39 is 0 Å². The maximum atomic E-state index is 8.39. The summed E-state index contributed by atoms with van der Waals surface area (Å²) in [5.74, 6) is 5.43. The predicted molar refractivity (Wildman–Crippen MR) is 98.6 cm³/mol. The van der Waals surface area contributed by atoms with Crippen LogP contribution in [0.5, 0.6) is 0 Å². The van der Waals surface area contributed by atoms with E-state index in [1.165, 1.54) is 0 Å². The summed E-state index contributed by atoms with van der Waals surface area (Å²) in [6.07, 6.45) is 3.32. The molecule has 0 spiro atoms. The highest BCUT2D eigenvalue weighted by Crippen LogP contribution is 2.25. The maximum absolute atomic E-state index is 8.39. The number of nitrogens with one attached hydrogen (secondary N) is 3. The second-order valence-electron chi connectivity index (χ2n) is 5.26. The molecule has 24 heavy (non-hydrogen) atoms. The minimum Gasteiger partial charge on any atom is -0.398 e. The van der Waals surface area contributed by atoms with Gasteiger partial charge in [-0.05, 0) is 48.5 Å². The van der Waals surface area contributed by atoms with Crippen LogP contribution in [0.3, 0.4) is 0 Å². The molecule has 0 aliphatic carbocycles. The number of rotatable bonds is 5. The first-order chi connectivity index (χ1) is 11.7. The van der Waals surface area contributed by atoms with Crippen molar-refractivity contribution in [1.82, 2.24) is 4.98 Å². The van der Waals surface area contributed by atoms with Gasteiger partial charge in [-0.3, -0.25) is 16.2 Å². The molecule has 3 rings (SSSR count). The highest BCUT2D eigenvalue weighted by Gasteiger charge is 2.09. The van der Waals surface area contributed by atoms with Gasteiger partial charge >= 0.3 is 0 Å². The van der Waals surface area contributed by atoms with E-state index in [-0.39, 0.29) is 0 Å². The normalized spacial score (nSPS) is 10.2. The van der Waals surface area contributed by atoms with Crippen LogP contribution in [-0.4, -0.2) is 10.7 Å². The first-order valence-corrected chi connectivity index (χ1v) is 7.40. The number of anilines is 4. The van der Waals surface area contributed by atoms with Crippen molar-refractivity contribution in [2.24, 2.45) is 5.84 Å². The first kappa shape index (κ1) is 15.5. The lowest BCUT2D eigenvalue weighted by molar-refractivity contribution is 1.31. The Morgan fingerprint density at radius 1 is 0.917 bits per heavy atom. The van der Waals surface area contributed by atoms with Gasteiger partial charge in [-0.25, -0.2) is 0 Å². The van der Waals surface area contributed by atoms with Crippen LogP contribution >= 0.6 is 0 Å². The third-order valence-electron chi connectivity index (χ3n) is 3.61. The molecule has 7 N–H and O–H groups in total. The van der Waals surface area contributed by atoms with Crippen LogP contribution in [0.2, 0.25) is 0 Å². The van der Waals surface area contributed by atoms with E-state index in [2.05, 4.69) is 15.7 Å². The van der Waals surface area contributed by atoms with E-state index in [0.717, 1.165) is 22.6 Å². The van der Waals surface area contributed by atoms with Crippen LogP contribution < -0.4 is 22.3 Å². The van der Waals surface area contributed by atoms with Gasteiger partial charge in [0.25, 0.3) is 0 Å². The van der Waals surface area contributed by atoms with Gasteiger partial charge < -0.3 is 16.5 Å². The molecule has 6 nitrogen and oxygen atoms in total. The average molecular weight is 318 g/mol. The molecule has 3 aromatic rings. The second kappa shape index (κ2) is 6.80. The number of hydrogen-bond acceptors (Lipinski definition) is 6. The van der Waals surface area contributed by atoms with E-state index >= 15 is 0 Å². The van der Waals surface area contributed by atoms with Crippen LogP contribution in [0.4, 0.5) is 22.7 Å². The van der Waals surface area contributed by atoms with Crippen LogP contribution in [0.15, 0.2) is 67.0 Å². The van der Waals surface area contributed by atoms with Gasteiger partial charge in [-0.2, -0.15) is 0 Å². The molecule has 6 heteroatoms. The van der Waals surface area contributed by atoms with Gasteiger partial charge in [-0.1, -0.05) is 6.07 Å². The number of aromatic nitrogens is 1. The fourth-order valence-electron chi connectivity index (χ4n) is 2.38. The van der Waals surface area contributed by atoms with E-state index in [1.54, 1.807) is 30.6 Å². The lowest BCUT2D eigenvalue weighted by Crippen LogP contribution is -2.07. The number of nitrogen functional groups attached to an aromatic ring is 2. The number of nitrogens with zero attached hydrogens (tertiary/aromatic N) is 1. The van der Waals surface area contributed by atoms with E-state index in [0.29, 0.717) is 17.0 Å². The smallest absolute Gasteiger partial charge is 0.0707 e. The average Bonchev–Trinajstić information content (AvgIpc) is 2.63. The lowest BCUT2D eigenvalue weighted by atomic mass is 10.0. The molecule has 0 unspecified atom stereocenters. The van der Waals surface area contributed by atoms with Crippen molar-refractivity contribution in [1.29, 1.82) is 5.41 Å². The highest BCUT2D eigenvalue weighted by molar-refractivity contribution is 6.14. The SMILES string of the molecule is N=C(c1ccncc1)c1cc(Nc2cccc(NN)c2)ccc1N. The van der Waals surface area contributed by atoms with Crippen molar-refractivity contribution >= 4 is 28.5 Å². The topological polar surface area (TPSA) is 113 Å². The summed E-state index contributed by atoms with van der Waals surface area (Å²) in [4.78, 5) is 3.98. The maximum Gasteiger partial charge on any atom is 0.0707 e. The van der Waals surface area contributed by atoms with Crippen molar-refractivity contribution in [3.63, 3.8) is 0 Å². The Hall–Kier alpha value is -3.38. The molecule has 1 heterocycles. The Kier molecular flexibility index (Phi) is 4.40. The summed E-state index contributed by atoms with van der Waals surface area (Å²) in [6.45, 7) is 0. The van der Waals surface area contributed by atoms with Gasteiger partial charge in [0.2, 0.25) is 0 Å². The monoisotopic (exact) mass is 318 g/mol. The summed E-state index contributed by atoms with van der Waals surface area (Å²) in [5, 5.41) is 11.7. The minimum absolute atomic E-state index is 0.357. The summed E-state index contributed by atoms with van der Waals surface area (Å²) in [6, 6.07) is 16.7. The Balaban J connectivity index is 1.90. The van der Waals surface area contributed by atoms with Gasteiger partial charge in [0.05, 0.1) is 11.4 Å². The molecule has 120 valence electrons. The number of hydrazine groups is 1. The Morgan fingerprint density at radius 2 is 1.62 bits per heavy atom. The molecule has 0 saturated carbocycles. The summed E-state index contributed by atoms with van der Waals surface area (Å²) < 4.78 is 0. The fourth-order valence-corrected chi connectivity index (χ4v) is 2.38. The molecule has 0 bridgehead atoms. The lowest BCUT2D eigenvalue weighted by Gasteiger charge is -2.12. The quantitative estimate of drug-likeness (QED) is 0.215. The van der Waals surface area contributed by atoms with Crippen molar-refractivity contribution in [2.45, 2.75) is 0 Å². The van der Waals surface area contributed by atoms with Gasteiger partial charge in [-0.15, -0.1) is 0 Å². The molecule has 0 amide bonds. The number of nitrogens with two attached hydrogens (primary N) is 2. The first-order valence-electron chi connectivity index (χ1n) is 7.40. The molecule has 0 atom stereocenters. The zero-order valence-corrected chi connectivity index (χ0v) is 13.0. The Labute approximate surface area is 140 Å². The van der Waals surface area contributed by atoms with E-state index in [1.807, 2.05) is 36.4 Å². The zero-order valence-electron chi connectivity index (χ0n) is 13.0. The number of hydrogen-bond donors (Lipinski definition) is 5. The van der Waals surface area contributed by atoms with E-state index in [9.17, 15) is 0 Å². The largest absolute Gasteiger partial charge is 0.398 e. The van der Waals surface area contributed by atoms with Crippen molar-refractivity contribution in [3.8, 4) is 0 Å². The predicted octanol–water partition coefficient (Wildman–Crippen LogP) is 3.11. The van der Waals surface area contributed by atoms with Crippen molar-refractivity contribution in [2.75, 3.05) is 16.5 Å². The molecule has 1 aromatic heterocycles. The Bertz CT molecular complexity index is 860. The Morgan fingerprint density at radius 3 is 2.38 bits per heavy atom. The number of benzene rings is 2. The van der Waals surface area contributed by atoms with Crippen LogP contribution in [0, 0.1) is 5.41 Å². The van der Waals surface area contributed by atoms with Gasteiger partial charge in [0.1, 0.15) is 0 Å². The second-order valence-corrected chi connectivity index (χ2v) is 5.26. The zero-order chi connectivity index (χ0) is 16.9.